The molecule has 0 fully saturated rings. The molecular weight excluding hydrogens is 426 g/mol. The first-order chi connectivity index (χ1) is 17.2. The number of nitrogens with one attached hydrogen (secondary N) is 1. The molecule has 1 aromatic heterocycles. The minimum absolute atomic E-state index is 0.0946. The third kappa shape index (κ3) is 4.01. The van der Waals surface area contributed by atoms with Crippen molar-refractivity contribution in [2.24, 2.45) is 0 Å². The molecular formula is C32H33N3. The number of allylic oxidation sites excluding steroid dienone is 7. The van der Waals surface area contributed by atoms with Gasteiger partial charge < -0.3 is 10.2 Å². The van der Waals surface area contributed by atoms with Crippen LogP contribution in [-0.4, -0.2) is 4.98 Å². The highest BCUT2D eigenvalue weighted by Gasteiger charge is 2.38. The second-order valence-corrected chi connectivity index (χ2v) is 8.96. The van der Waals surface area contributed by atoms with E-state index in [1.807, 2.05) is 18.5 Å². The lowest BCUT2D eigenvalue weighted by Crippen LogP contribution is -2.32. The van der Waals surface area contributed by atoms with E-state index in [4.69, 9.17) is 0 Å². The summed E-state index contributed by atoms with van der Waals surface area (Å²) in [5.74, 6) is 0. The molecule has 0 aliphatic carbocycles. The maximum Gasteiger partial charge on any atom is 0.130 e. The quantitative estimate of drug-likeness (QED) is 0.375. The standard InChI is InChI=1S/C32H33N3/c1-5-9-12-22(7-3)23-14-16-26-27(19-23)28-20-24(25-13-10-18-33-21-25)15-17-30(28)35-31(11-6-2)29(8-4)34-32(26)35/h6-7,9-21,32,34H,5,8H2,1-4H3/b11-6-,12-9-,22-7+. The van der Waals surface area contributed by atoms with Crippen molar-refractivity contribution in [3.63, 3.8) is 0 Å². The van der Waals surface area contributed by atoms with E-state index in [0.29, 0.717) is 0 Å². The van der Waals surface area contributed by atoms with E-state index in [0.717, 1.165) is 18.4 Å². The molecule has 2 aliphatic rings. The molecule has 3 heterocycles. The highest BCUT2D eigenvalue weighted by Crippen LogP contribution is 2.50. The number of aromatic nitrogens is 1. The lowest BCUT2D eigenvalue weighted by atomic mass is 9.87. The summed E-state index contributed by atoms with van der Waals surface area (Å²) in [6, 6.07) is 17.9. The predicted molar refractivity (Wildman–Crippen MR) is 149 cm³/mol. The minimum atomic E-state index is 0.0946. The topological polar surface area (TPSA) is 28.2 Å². The zero-order chi connectivity index (χ0) is 24.4. The molecule has 0 spiro atoms. The number of rotatable bonds is 6. The Hall–Kier alpha value is -3.85. The Labute approximate surface area is 209 Å². The molecule has 3 aromatic rings. The molecule has 2 aliphatic heterocycles. The average molecular weight is 460 g/mol. The van der Waals surface area contributed by atoms with Crippen LogP contribution in [0.4, 0.5) is 5.69 Å². The van der Waals surface area contributed by atoms with E-state index in [2.05, 4.69) is 116 Å². The third-order valence-corrected chi connectivity index (χ3v) is 6.88. The van der Waals surface area contributed by atoms with Gasteiger partial charge in [-0.3, -0.25) is 4.98 Å². The molecule has 1 unspecified atom stereocenters. The van der Waals surface area contributed by atoms with Gasteiger partial charge in [-0.05, 0) is 79.3 Å². The molecule has 0 bridgehead atoms. The molecule has 35 heavy (non-hydrogen) atoms. The van der Waals surface area contributed by atoms with E-state index in [1.54, 1.807) is 0 Å². The lowest BCUT2D eigenvalue weighted by Gasteiger charge is -2.37. The molecule has 0 saturated heterocycles. The van der Waals surface area contributed by atoms with Crippen LogP contribution in [0.1, 0.15) is 57.8 Å². The second kappa shape index (κ2) is 9.79. The zero-order valence-electron chi connectivity index (χ0n) is 21.0. The number of nitrogens with zero attached hydrogens (tertiary/aromatic N) is 2. The summed E-state index contributed by atoms with van der Waals surface area (Å²) in [4.78, 5) is 6.82. The Morgan fingerprint density at radius 2 is 1.91 bits per heavy atom. The average Bonchev–Trinajstić information content (AvgIpc) is 3.28. The van der Waals surface area contributed by atoms with Gasteiger partial charge in [0.2, 0.25) is 0 Å². The summed E-state index contributed by atoms with van der Waals surface area (Å²) >= 11 is 0. The Balaban J connectivity index is 1.73. The molecule has 3 nitrogen and oxygen atoms in total. The molecule has 1 N–H and O–H groups in total. The van der Waals surface area contributed by atoms with Crippen molar-refractivity contribution in [1.29, 1.82) is 0 Å². The Morgan fingerprint density at radius 3 is 2.63 bits per heavy atom. The summed E-state index contributed by atoms with van der Waals surface area (Å²) < 4.78 is 0. The smallest absolute Gasteiger partial charge is 0.130 e. The van der Waals surface area contributed by atoms with Crippen LogP contribution in [0.5, 0.6) is 0 Å². The van der Waals surface area contributed by atoms with Crippen LogP contribution in [0.2, 0.25) is 0 Å². The second-order valence-electron chi connectivity index (χ2n) is 8.96. The summed E-state index contributed by atoms with van der Waals surface area (Å²) in [7, 11) is 0. The Bertz CT molecular complexity index is 1360. The highest BCUT2D eigenvalue weighted by molar-refractivity contribution is 5.92. The minimum Gasteiger partial charge on any atom is -0.363 e. The maximum absolute atomic E-state index is 4.35. The van der Waals surface area contributed by atoms with Crippen molar-refractivity contribution >= 4 is 11.3 Å². The summed E-state index contributed by atoms with van der Waals surface area (Å²) in [5, 5.41) is 3.83. The Kier molecular flexibility index (Phi) is 6.41. The van der Waals surface area contributed by atoms with Gasteiger partial charge >= 0.3 is 0 Å². The van der Waals surface area contributed by atoms with Crippen molar-refractivity contribution in [3.05, 3.63) is 114 Å². The molecule has 0 amide bonds. The summed E-state index contributed by atoms with van der Waals surface area (Å²) in [5.41, 5.74) is 12.5. The largest absolute Gasteiger partial charge is 0.363 e. The van der Waals surface area contributed by atoms with Crippen LogP contribution in [0.3, 0.4) is 0 Å². The van der Waals surface area contributed by atoms with E-state index in [-0.39, 0.29) is 6.17 Å². The summed E-state index contributed by atoms with van der Waals surface area (Å²) in [6.07, 6.45) is 16.9. The van der Waals surface area contributed by atoms with Crippen molar-refractivity contribution < 1.29 is 0 Å². The fourth-order valence-corrected chi connectivity index (χ4v) is 5.18. The normalized spacial score (nSPS) is 17.1. The molecule has 0 radical (unpaired) electrons. The van der Waals surface area contributed by atoms with Gasteiger partial charge in [0.05, 0.1) is 11.4 Å². The van der Waals surface area contributed by atoms with Gasteiger partial charge in [-0.15, -0.1) is 0 Å². The number of hydrogen-bond donors (Lipinski definition) is 1. The molecule has 0 saturated carbocycles. The van der Waals surface area contributed by atoms with Gasteiger partial charge in [0.25, 0.3) is 0 Å². The van der Waals surface area contributed by atoms with Gasteiger partial charge in [0, 0.05) is 34.8 Å². The molecule has 2 aromatic carbocycles. The number of fused-ring (bicyclic) bond motifs is 6. The number of benzene rings is 2. The van der Waals surface area contributed by atoms with Crippen molar-refractivity contribution in [1.82, 2.24) is 10.3 Å². The van der Waals surface area contributed by atoms with Crippen LogP contribution >= 0.6 is 0 Å². The van der Waals surface area contributed by atoms with Gasteiger partial charge in [-0.1, -0.05) is 62.4 Å². The highest BCUT2D eigenvalue weighted by atomic mass is 15.3. The van der Waals surface area contributed by atoms with Gasteiger partial charge in [-0.25, -0.2) is 0 Å². The molecule has 176 valence electrons. The van der Waals surface area contributed by atoms with Gasteiger partial charge in [0.1, 0.15) is 6.17 Å². The van der Waals surface area contributed by atoms with Crippen LogP contribution in [0.15, 0.2) is 103 Å². The van der Waals surface area contributed by atoms with E-state index >= 15 is 0 Å². The van der Waals surface area contributed by atoms with Crippen LogP contribution in [-0.2, 0) is 0 Å². The third-order valence-electron chi connectivity index (χ3n) is 6.88. The summed E-state index contributed by atoms with van der Waals surface area (Å²) in [6.45, 7) is 8.60. The monoisotopic (exact) mass is 459 g/mol. The number of pyridine rings is 1. The molecule has 3 heteroatoms. The predicted octanol–water partition coefficient (Wildman–Crippen LogP) is 8.40. The first-order valence-electron chi connectivity index (χ1n) is 12.6. The van der Waals surface area contributed by atoms with Crippen LogP contribution in [0, 0.1) is 0 Å². The Morgan fingerprint density at radius 1 is 1.03 bits per heavy atom. The fraction of sp³-hybridized carbons (Fsp3) is 0.219. The SMILES string of the molecule is C/C=C\C1=C(CC)NC2c3ccc(C(/C=C\CC)=C/C)cc3-c3cc(-c4cccnc4)ccc3N12. The first-order valence-corrected chi connectivity index (χ1v) is 12.6. The van der Waals surface area contributed by atoms with Crippen LogP contribution < -0.4 is 10.2 Å². The maximum atomic E-state index is 4.35. The van der Waals surface area contributed by atoms with Crippen molar-refractivity contribution in [2.75, 3.05) is 4.90 Å². The van der Waals surface area contributed by atoms with Gasteiger partial charge in [-0.2, -0.15) is 0 Å². The zero-order valence-corrected chi connectivity index (χ0v) is 21.0. The van der Waals surface area contributed by atoms with Crippen molar-refractivity contribution in [3.8, 4) is 22.3 Å². The van der Waals surface area contributed by atoms with E-state index in [1.165, 1.54) is 50.5 Å². The lowest BCUT2D eigenvalue weighted by molar-refractivity contribution is 0.633. The fourth-order valence-electron chi connectivity index (χ4n) is 5.18. The number of anilines is 1. The van der Waals surface area contributed by atoms with E-state index < -0.39 is 0 Å². The number of hydrogen-bond acceptors (Lipinski definition) is 3. The molecule has 1 atom stereocenters. The molecule has 5 rings (SSSR count). The van der Waals surface area contributed by atoms with Crippen LogP contribution in [0.25, 0.3) is 27.8 Å². The van der Waals surface area contributed by atoms with Gasteiger partial charge in [0.15, 0.2) is 0 Å². The first kappa shape index (κ1) is 22.9. The van der Waals surface area contributed by atoms with E-state index in [9.17, 15) is 0 Å². The van der Waals surface area contributed by atoms with Crippen molar-refractivity contribution in [2.45, 2.75) is 46.7 Å².